The van der Waals surface area contributed by atoms with Crippen molar-refractivity contribution >= 4 is 33.6 Å². The molecule has 1 rings (SSSR count). The zero-order valence-corrected chi connectivity index (χ0v) is 8.87. The Morgan fingerprint density at radius 1 is 1.58 bits per heavy atom. The van der Waals surface area contributed by atoms with Crippen LogP contribution in [0.5, 0.6) is 0 Å². The molecule has 0 bridgehead atoms. The van der Waals surface area contributed by atoms with Gasteiger partial charge in [0.15, 0.2) is 0 Å². The summed E-state index contributed by atoms with van der Waals surface area (Å²) in [5, 5.41) is 8.62. The second-order valence-corrected chi connectivity index (χ2v) is 3.58. The van der Waals surface area contributed by atoms with E-state index in [0.717, 1.165) is 10.2 Å². The monoisotopic (exact) mass is 242 g/mol. The van der Waals surface area contributed by atoms with Crippen molar-refractivity contribution in [2.24, 2.45) is 0 Å². The first kappa shape index (κ1) is 9.43. The molecular formula is C8H7BrN2S. The number of nitriles is 1. The van der Waals surface area contributed by atoms with Crippen molar-refractivity contribution < 1.29 is 0 Å². The third kappa shape index (κ3) is 2.16. The minimum Gasteiger partial charge on any atom is -0.329 e. The molecule has 0 aliphatic carbocycles. The molecule has 62 valence electrons. The molecule has 0 amide bonds. The Balaban J connectivity index is 3.01. The van der Waals surface area contributed by atoms with Gasteiger partial charge < -0.3 is 4.72 Å². The number of hydrogen-bond donors (Lipinski definition) is 1. The highest BCUT2D eigenvalue weighted by Crippen LogP contribution is 2.24. The maximum absolute atomic E-state index is 8.62. The van der Waals surface area contributed by atoms with E-state index >= 15 is 0 Å². The average molecular weight is 243 g/mol. The number of rotatable bonds is 2. The molecule has 0 radical (unpaired) electrons. The first-order chi connectivity index (χ1) is 5.77. The van der Waals surface area contributed by atoms with Gasteiger partial charge >= 0.3 is 0 Å². The van der Waals surface area contributed by atoms with Crippen molar-refractivity contribution in [1.82, 2.24) is 0 Å². The maximum atomic E-state index is 8.62. The third-order valence-electron chi connectivity index (χ3n) is 1.31. The number of benzene rings is 1. The standard InChI is InChI=1S/C8H7BrN2S/c1-12-11-8-4-6(5-10)2-3-7(8)9/h2-4,11H,1H3. The molecule has 1 aromatic carbocycles. The Labute approximate surface area is 84.2 Å². The molecule has 0 saturated heterocycles. The van der Waals surface area contributed by atoms with E-state index in [4.69, 9.17) is 5.26 Å². The average Bonchev–Trinajstić information content (AvgIpc) is 2.09. The molecule has 12 heavy (non-hydrogen) atoms. The van der Waals surface area contributed by atoms with Crippen molar-refractivity contribution in [3.8, 4) is 6.07 Å². The highest BCUT2D eigenvalue weighted by atomic mass is 79.9. The van der Waals surface area contributed by atoms with Gasteiger partial charge in [-0.05, 0) is 34.1 Å². The Bertz CT molecular complexity index is 319. The first-order valence-corrected chi connectivity index (χ1v) is 5.28. The van der Waals surface area contributed by atoms with E-state index < -0.39 is 0 Å². The van der Waals surface area contributed by atoms with E-state index in [9.17, 15) is 0 Å². The lowest BCUT2D eigenvalue weighted by molar-refractivity contribution is 1.48. The van der Waals surface area contributed by atoms with Gasteiger partial charge in [-0.2, -0.15) is 5.26 Å². The molecule has 0 aromatic heterocycles. The normalized spacial score (nSPS) is 9.08. The molecule has 0 unspecified atom stereocenters. The van der Waals surface area contributed by atoms with Crippen LogP contribution in [0.25, 0.3) is 0 Å². The molecule has 1 N–H and O–H groups in total. The van der Waals surface area contributed by atoms with Gasteiger partial charge in [0.25, 0.3) is 0 Å². The largest absolute Gasteiger partial charge is 0.329 e. The minimum absolute atomic E-state index is 0.662. The molecule has 0 aliphatic rings. The van der Waals surface area contributed by atoms with E-state index in [1.165, 1.54) is 11.9 Å². The van der Waals surface area contributed by atoms with Crippen molar-refractivity contribution in [3.05, 3.63) is 28.2 Å². The Kier molecular flexibility index (Phi) is 3.45. The highest BCUT2D eigenvalue weighted by molar-refractivity contribution is 9.10. The summed E-state index contributed by atoms with van der Waals surface area (Å²) in [7, 11) is 0. The number of hydrogen-bond acceptors (Lipinski definition) is 3. The van der Waals surface area contributed by atoms with Gasteiger partial charge in [-0.3, -0.25) is 0 Å². The van der Waals surface area contributed by atoms with Gasteiger partial charge in [0.2, 0.25) is 0 Å². The predicted octanol–water partition coefficient (Wildman–Crippen LogP) is 3.01. The van der Waals surface area contributed by atoms with Crippen LogP contribution in [0.15, 0.2) is 22.7 Å². The van der Waals surface area contributed by atoms with E-state index in [0.29, 0.717) is 5.56 Å². The van der Waals surface area contributed by atoms with E-state index in [1.807, 2.05) is 12.3 Å². The van der Waals surface area contributed by atoms with Crippen LogP contribution in [0, 0.1) is 11.3 Å². The van der Waals surface area contributed by atoms with Crippen molar-refractivity contribution in [2.75, 3.05) is 11.0 Å². The van der Waals surface area contributed by atoms with Crippen molar-refractivity contribution in [3.63, 3.8) is 0 Å². The number of nitrogens with one attached hydrogen (secondary N) is 1. The fourth-order valence-electron chi connectivity index (χ4n) is 0.783. The molecule has 0 saturated carbocycles. The Hall–Kier alpha value is -0.660. The lowest BCUT2D eigenvalue weighted by atomic mass is 10.2. The first-order valence-electron chi connectivity index (χ1n) is 3.26. The molecule has 0 fully saturated rings. The SMILES string of the molecule is CSNc1cc(C#N)ccc1Br. The van der Waals surface area contributed by atoms with Crippen LogP contribution in [-0.2, 0) is 0 Å². The maximum Gasteiger partial charge on any atom is 0.0992 e. The predicted molar refractivity (Wildman–Crippen MR) is 56.0 cm³/mol. The summed E-state index contributed by atoms with van der Waals surface area (Å²) in [5.41, 5.74) is 1.59. The lowest BCUT2D eigenvalue weighted by Crippen LogP contribution is -1.87. The summed E-state index contributed by atoms with van der Waals surface area (Å²) in [5.74, 6) is 0. The van der Waals surface area contributed by atoms with Crippen molar-refractivity contribution in [2.45, 2.75) is 0 Å². The second kappa shape index (κ2) is 4.39. The van der Waals surface area contributed by atoms with Crippen LogP contribution in [0.2, 0.25) is 0 Å². The van der Waals surface area contributed by atoms with Gasteiger partial charge in [-0.15, -0.1) is 0 Å². The zero-order valence-electron chi connectivity index (χ0n) is 6.47. The number of nitrogens with zero attached hydrogens (tertiary/aromatic N) is 1. The molecular weight excluding hydrogens is 236 g/mol. The fourth-order valence-corrected chi connectivity index (χ4v) is 1.65. The summed E-state index contributed by atoms with van der Waals surface area (Å²) < 4.78 is 4.04. The van der Waals surface area contributed by atoms with Gasteiger partial charge in [0, 0.05) is 10.7 Å². The number of anilines is 1. The summed E-state index contributed by atoms with van der Waals surface area (Å²) in [4.78, 5) is 0. The molecule has 2 nitrogen and oxygen atoms in total. The summed E-state index contributed by atoms with van der Waals surface area (Å²) >= 11 is 4.87. The van der Waals surface area contributed by atoms with Crippen LogP contribution in [0.4, 0.5) is 5.69 Å². The number of halogens is 1. The van der Waals surface area contributed by atoms with Crippen molar-refractivity contribution in [1.29, 1.82) is 5.26 Å². The Morgan fingerprint density at radius 3 is 2.92 bits per heavy atom. The molecule has 0 spiro atoms. The van der Waals surface area contributed by atoms with E-state index in [-0.39, 0.29) is 0 Å². The summed E-state index contributed by atoms with van der Waals surface area (Å²) in [6.07, 6.45) is 1.94. The molecule has 4 heteroatoms. The summed E-state index contributed by atoms with van der Waals surface area (Å²) in [6, 6.07) is 7.52. The summed E-state index contributed by atoms with van der Waals surface area (Å²) in [6.45, 7) is 0. The Morgan fingerprint density at radius 2 is 2.33 bits per heavy atom. The topological polar surface area (TPSA) is 35.8 Å². The lowest BCUT2D eigenvalue weighted by Gasteiger charge is -2.04. The smallest absolute Gasteiger partial charge is 0.0992 e. The molecule has 1 aromatic rings. The van der Waals surface area contributed by atoms with Crippen LogP contribution in [0.3, 0.4) is 0 Å². The van der Waals surface area contributed by atoms with E-state index in [2.05, 4.69) is 26.7 Å². The van der Waals surface area contributed by atoms with Gasteiger partial charge in [0.05, 0.1) is 17.3 Å². The fraction of sp³-hybridized carbons (Fsp3) is 0.125. The highest BCUT2D eigenvalue weighted by Gasteiger charge is 1.99. The van der Waals surface area contributed by atoms with Gasteiger partial charge in [-0.25, -0.2) is 0 Å². The van der Waals surface area contributed by atoms with Crippen LogP contribution in [0.1, 0.15) is 5.56 Å². The quantitative estimate of drug-likeness (QED) is 0.811. The molecule has 0 atom stereocenters. The molecule has 0 heterocycles. The third-order valence-corrected chi connectivity index (χ3v) is 2.42. The van der Waals surface area contributed by atoms with Crippen LogP contribution >= 0.6 is 27.9 Å². The van der Waals surface area contributed by atoms with Gasteiger partial charge in [0.1, 0.15) is 0 Å². The van der Waals surface area contributed by atoms with Crippen LogP contribution in [-0.4, -0.2) is 6.26 Å². The minimum atomic E-state index is 0.662. The van der Waals surface area contributed by atoms with Crippen LogP contribution < -0.4 is 4.72 Å². The second-order valence-electron chi connectivity index (χ2n) is 2.11. The molecule has 0 aliphatic heterocycles. The van der Waals surface area contributed by atoms with Gasteiger partial charge in [-0.1, -0.05) is 11.9 Å². The van der Waals surface area contributed by atoms with E-state index in [1.54, 1.807) is 12.1 Å². The zero-order chi connectivity index (χ0) is 8.97.